The van der Waals surface area contributed by atoms with E-state index in [4.69, 9.17) is 9.97 Å². The van der Waals surface area contributed by atoms with Gasteiger partial charge in [-0.2, -0.15) is 0 Å². The Morgan fingerprint density at radius 2 is 2.18 bits per heavy atom. The Bertz CT molecular complexity index is 1030. The highest BCUT2D eigenvalue weighted by Gasteiger charge is 2.26. The molecule has 0 unspecified atom stereocenters. The summed E-state index contributed by atoms with van der Waals surface area (Å²) in [5.41, 5.74) is 2.25. The SMILES string of the molecule is C[C@@H]1CCc2c(sc3nc(-c4cccnc4)nc(NCC(=O)NC4CC4)c23)C1. The van der Waals surface area contributed by atoms with E-state index < -0.39 is 0 Å². The average molecular weight is 394 g/mol. The molecule has 7 heteroatoms. The van der Waals surface area contributed by atoms with E-state index >= 15 is 0 Å². The normalized spacial score (nSPS) is 18.7. The van der Waals surface area contributed by atoms with Crippen LogP contribution < -0.4 is 10.6 Å². The lowest BCUT2D eigenvalue weighted by Gasteiger charge is -2.18. The van der Waals surface area contributed by atoms with Crippen LogP contribution in [0.1, 0.15) is 36.6 Å². The van der Waals surface area contributed by atoms with E-state index in [2.05, 4.69) is 22.5 Å². The number of anilines is 1. The number of nitrogens with zero attached hydrogens (tertiary/aromatic N) is 3. The van der Waals surface area contributed by atoms with Crippen molar-refractivity contribution in [3.63, 3.8) is 0 Å². The Balaban J connectivity index is 1.54. The number of aryl methyl sites for hydroxylation is 1. The van der Waals surface area contributed by atoms with Gasteiger partial charge in [0.25, 0.3) is 0 Å². The van der Waals surface area contributed by atoms with Crippen molar-refractivity contribution in [1.82, 2.24) is 20.3 Å². The summed E-state index contributed by atoms with van der Waals surface area (Å²) in [6.07, 6.45) is 9.03. The molecule has 2 N–H and O–H groups in total. The summed E-state index contributed by atoms with van der Waals surface area (Å²) < 4.78 is 0. The lowest BCUT2D eigenvalue weighted by atomic mass is 9.89. The fourth-order valence-corrected chi connectivity index (χ4v) is 5.15. The third-order valence-corrected chi connectivity index (χ3v) is 6.58. The molecule has 0 aliphatic heterocycles. The molecule has 2 aliphatic carbocycles. The highest BCUT2D eigenvalue weighted by molar-refractivity contribution is 7.19. The first-order valence-electron chi connectivity index (χ1n) is 9.93. The molecule has 0 aromatic carbocycles. The Labute approximate surface area is 167 Å². The molecule has 0 saturated heterocycles. The molecule has 1 saturated carbocycles. The van der Waals surface area contributed by atoms with Gasteiger partial charge in [0.2, 0.25) is 5.91 Å². The maximum atomic E-state index is 12.2. The number of fused-ring (bicyclic) bond motifs is 3. The number of rotatable bonds is 5. The summed E-state index contributed by atoms with van der Waals surface area (Å²) in [5, 5.41) is 7.43. The van der Waals surface area contributed by atoms with Gasteiger partial charge < -0.3 is 10.6 Å². The lowest BCUT2D eigenvalue weighted by Crippen LogP contribution is -2.31. The van der Waals surface area contributed by atoms with E-state index in [-0.39, 0.29) is 12.5 Å². The minimum absolute atomic E-state index is 0.0231. The number of amides is 1. The van der Waals surface area contributed by atoms with Gasteiger partial charge in [-0.05, 0) is 55.7 Å². The maximum absolute atomic E-state index is 12.2. The van der Waals surface area contributed by atoms with Gasteiger partial charge in [-0.3, -0.25) is 9.78 Å². The van der Waals surface area contributed by atoms with E-state index in [9.17, 15) is 4.79 Å². The van der Waals surface area contributed by atoms with Crippen LogP contribution in [0.3, 0.4) is 0 Å². The van der Waals surface area contributed by atoms with Gasteiger partial charge in [0.05, 0.1) is 11.9 Å². The average Bonchev–Trinajstić information content (AvgIpc) is 3.44. The van der Waals surface area contributed by atoms with Crippen LogP contribution in [-0.2, 0) is 17.6 Å². The van der Waals surface area contributed by atoms with Crippen molar-refractivity contribution < 1.29 is 4.79 Å². The summed E-state index contributed by atoms with van der Waals surface area (Å²) >= 11 is 1.77. The molecule has 1 atom stereocenters. The summed E-state index contributed by atoms with van der Waals surface area (Å²) in [5.74, 6) is 2.14. The van der Waals surface area contributed by atoms with Crippen LogP contribution in [0.4, 0.5) is 5.82 Å². The number of pyridine rings is 1. The standard InChI is InChI=1S/C21H23N5OS/c1-12-4-7-15-16(9-12)28-21-18(15)20(23-11-17(27)24-14-5-6-14)25-19(26-21)13-3-2-8-22-10-13/h2-3,8,10,12,14H,4-7,9,11H2,1H3,(H,24,27)(H,23,25,26)/t12-/m1/s1. The van der Waals surface area contributed by atoms with Gasteiger partial charge >= 0.3 is 0 Å². The van der Waals surface area contributed by atoms with E-state index in [0.29, 0.717) is 17.8 Å². The van der Waals surface area contributed by atoms with Crippen molar-refractivity contribution in [2.24, 2.45) is 5.92 Å². The molecular formula is C21H23N5OS. The zero-order valence-corrected chi connectivity index (χ0v) is 16.7. The van der Waals surface area contributed by atoms with Crippen LogP contribution >= 0.6 is 11.3 Å². The Hall–Kier alpha value is -2.54. The smallest absolute Gasteiger partial charge is 0.239 e. The minimum Gasteiger partial charge on any atom is -0.360 e. The minimum atomic E-state index is 0.0231. The molecule has 1 amide bonds. The molecule has 3 aromatic heterocycles. The molecular weight excluding hydrogens is 370 g/mol. The highest BCUT2D eigenvalue weighted by atomic mass is 32.1. The largest absolute Gasteiger partial charge is 0.360 e. The van der Waals surface area contributed by atoms with E-state index in [1.54, 1.807) is 23.7 Å². The van der Waals surface area contributed by atoms with E-state index in [1.807, 2.05) is 12.1 Å². The predicted octanol–water partition coefficient (Wildman–Crippen LogP) is 3.57. The first kappa shape index (κ1) is 17.6. The van der Waals surface area contributed by atoms with Gasteiger partial charge in [-0.25, -0.2) is 9.97 Å². The number of hydrogen-bond acceptors (Lipinski definition) is 6. The molecule has 0 radical (unpaired) electrons. The number of thiophene rings is 1. The number of aromatic nitrogens is 3. The fraction of sp³-hybridized carbons (Fsp3) is 0.429. The predicted molar refractivity (Wildman–Crippen MR) is 111 cm³/mol. The van der Waals surface area contributed by atoms with Crippen LogP contribution in [0.15, 0.2) is 24.5 Å². The van der Waals surface area contributed by atoms with Crippen LogP contribution in [0.25, 0.3) is 21.6 Å². The van der Waals surface area contributed by atoms with Crippen LogP contribution in [0, 0.1) is 5.92 Å². The molecule has 3 heterocycles. The third kappa shape index (κ3) is 3.46. The number of hydrogen-bond donors (Lipinski definition) is 2. The summed E-state index contributed by atoms with van der Waals surface area (Å²) in [6, 6.07) is 4.22. The highest BCUT2D eigenvalue weighted by Crippen LogP contribution is 2.40. The molecule has 144 valence electrons. The third-order valence-electron chi connectivity index (χ3n) is 5.43. The molecule has 0 spiro atoms. The molecule has 5 rings (SSSR count). The zero-order chi connectivity index (χ0) is 19.1. The van der Waals surface area contributed by atoms with Crippen LogP contribution in [0.5, 0.6) is 0 Å². The molecule has 2 aliphatic rings. The van der Waals surface area contributed by atoms with Crippen molar-refractivity contribution in [3.05, 3.63) is 35.0 Å². The van der Waals surface area contributed by atoms with Crippen molar-refractivity contribution in [1.29, 1.82) is 0 Å². The van der Waals surface area contributed by atoms with Crippen molar-refractivity contribution in [3.8, 4) is 11.4 Å². The summed E-state index contributed by atoms with van der Waals surface area (Å²) in [6.45, 7) is 2.54. The lowest BCUT2D eigenvalue weighted by molar-refractivity contribution is -0.119. The van der Waals surface area contributed by atoms with Gasteiger partial charge in [-0.1, -0.05) is 6.92 Å². The quantitative estimate of drug-likeness (QED) is 0.693. The first-order valence-corrected chi connectivity index (χ1v) is 10.7. The Kier molecular flexibility index (Phi) is 4.47. The second-order valence-electron chi connectivity index (χ2n) is 7.86. The van der Waals surface area contributed by atoms with Gasteiger partial charge in [0.1, 0.15) is 10.6 Å². The van der Waals surface area contributed by atoms with Gasteiger partial charge in [-0.15, -0.1) is 11.3 Å². The molecule has 3 aromatic rings. The van der Waals surface area contributed by atoms with Crippen molar-refractivity contribution >= 4 is 33.3 Å². The second kappa shape index (κ2) is 7.13. The molecule has 0 bridgehead atoms. The first-order chi connectivity index (χ1) is 13.7. The van der Waals surface area contributed by atoms with E-state index in [1.165, 1.54) is 16.9 Å². The number of carbonyl (C=O) groups excluding carboxylic acids is 1. The fourth-order valence-electron chi connectivity index (χ4n) is 3.76. The molecule has 6 nitrogen and oxygen atoms in total. The van der Waals surface area contributed by atoms with Crippen LogP contribution in [-0.4, -0.2) is 33.4 Å². The monoisotopic (exact) mass is 393 g/mol. The summed E-state index contributed by atoms with van der Waals surface area (Å²) in [7, 11) is 0. The Morgan fingerprint density at radius 1 is 1.29 bits per heavy atom. The molecule has 1 fully saturated rings. The number of carbonyl (C=O) groups is 1. The van der Waals surface area contributed by atoms with Crippen molar-refractivity contribution in [2.75, 3.05) is 11.9 Å². The summed E-state index contributed by atoms with van der Waals surface area (Å²) in [4.78, 5) is 28.5. The second-order valence-corrected chi connectivity index (χ2v) is 8.95. The van der Waals surface area contributed by atoms with Gasteiger partial charge in [0.15, 0.2) is 5.82 Å². The Morgan fingerprint density at radius 3 is 2.96 bits per heavy atom. The number of nitrogens with one attached hydrogen (secondary N) is 2. The zero-order valence-electron chi connectivity index (χ0n) is 15.9. The molecule has 28 heavy (non-hydrogen) atoms. The van der Waals surface area contributed by atoms with Crippen molar-refractivity contribution in [2.45, 2.75) is 45.1 Å². The topological polar surface area (TPSA) is 79.8 Å². The van der Waals surface area contributed by atoms with E-state index in [0.717, 1.165) is 47.3 Å². The maximum Gasteiger partial charge on any atom is 0.239 e. The van der Waals surface area contributed by atoms with Crippen LogP contribution in [0.2, 0.25) is 0 Å². The van der Waals surface area contributed by atoms with Gasteiger partial charge in [0, 0.05) is 28.9 Å².